The van der Waals surface area contributed by atoms with E-state index in [9.17, 15) is 8.42 Å². The number of sulfonamides is 1. The number of benzene rings is 2. The van der Waals surface area contributed by atoms with Crippen LogP contribution in [0, 0.1) is 0 Å². The highest BCUT2D eigenvalue weighted by molar-refractivity contribution is 7.99. The Labute approximate surface area is 153 Å². The Balaban J connectivity index is 1.57. The summed E-state index contributed by atoms with van der Waals surface area (Å²) < 4.78 is 27.5. The molecule has 2 aliphatic rings. The van der Waals surface area contributed by atoms with Gasteiger partial charge in [0, 0.05) is 36.0 Å². The normalized spacial score (nSPS) is 18.2. The fourth-order valence-electron chi connectivity index (χ4n) is 3.21. The number of anilines is 1. The SMILES string of the molecule is O=S(=O)(c1ccc2c(c1)NCCS2)N1CC=C(c2ccccc2)CC1. The van der Waals surface area contributed by atoms with Gasteiger partial charge in [-0.1, -0.05) is 36.4 Å². The minimum Gasteiger partial charge on any atom is -0.383 e. The molecule has 0 atom stereocenters. The summed E-state index contributed by atoms with van der Waals surface area (Å²) in [7, 11) is -3.46. The molecule has 130 valence electrons. The van der Waals surface area contributed by atoms with Gasteiger partial charge in [0.2, 0.25) is 10.0 Å². The molecule has 0 saturated carbocycles. The predicted molar refractivity (Wildman–Crippen MR) is 103 cm³/mol. The van der Waals surface area contributed by atoms with Crippen LogP contribution in [0.1, 0.15) is 12.0 Å². The summed E-state index contributed by atoms with van der Waals surface area (Å²) in [4.78, 5) is 1.49. The summed E-state index contributed by atoms with van der Waals surface area (Å²) in [6.07, 6.45) is 2.77. The van der Waals surface area contributed by atoms with Crippen LogP contribution in [-0.4, -0.2) is 38.1 Å². The number of hydrogen-bond acceptors (Lipinski definition) is 4. The first-order valence-electron chi connectivity index (χ1n) is 8.40. The molecule has 0 aliphatic carbocycles. The van der Waals surface area contributed by atoms with Crippen molar-refractivity contribution in [2.24, 2.45) is 0 Å². The van der Waals surface area contributed by atoms with Gasteiger partial charge in [0.05, 0.1) is 4.90 Å². The number of hydrogen-bond donors (Lipinski definition) is 1. The first-order valence-corrected chi connectivity index (χ1v) is 10.8. The van der Waals surface area contributed by atoms with Crippen molar-refractivity contribution in [2.45, 2.75) is 16.2 Å². The molecule has 4 nitrogen and oxygen atoms in total. The quantitative estimate of drug-likeness (QED) is 0.893. The van der Waals surface area contributed by atoms with Gasteiger partial charge in [-0.05, 0) is 35.8 Å². The average molecular weight is 373 g/mol. The second kappa shape index (κ2) is 6.86. The molecular weight excluding hydrogens is 352 g/mol. The number of rotatable bonds is 3. The highest BCUT2D eigenvalue weighted by atomic mass is 32.2. The van der Waals surface area contributed by atoms with E-state index in [2.05, 4.69) is 17.4 Å². The first-order chi connectivity index (χ1) is 12.1. The van der Waals surface area contributed by atoms with Crippen LogP contribution in [0.4, 0.5) is 5.69 Å². The van der Waals surface area contributed by atoms with Crippen molar-refractivity contribution in [3.8, 4) is 0 Å². The Morgan fingerprint density at radius 2 is 1.92 bits per heavy atom. The monoisotopic (exact) mass is 372 g/mol. The van der Waals surface area contributed by atoms with Crippen molar-refractivity contribution in [1.82, 2.24) is 4.31 Å². The average Bonchev–Trinajstić information content (AvgIpc) is 2.68. The second-order valence-corrected chi connectivity index (χ2v) is 9.22. The van der Waals surface area contributed by atoms with Crippen LogP contribution in [0.25, 0.3) is 5.57 Å². The van der Waals surface area contributed by atoms with Crippen molar-refractivity contribution >= 4 is 33.0 Å². The summed E-state index contributed by atoms with van der Waals surface area (Å²) in [6.45, 7) is 1.81. The topological polar surface area (TPSA) is 49.4 Å². The van der Waals surface area contributed by atoms with E-state index in [4.69, 9.17) is 0 Å². The Morgan fingerprint density at radius 3 is 2.68 bits per heavy atom. The molecule has 4 rings (SSSR count). The largest absolute Gasteiger partial charge is 0.383 e. The molecule has 0 fully saturated rings. The van der Waals surface area contributed by atoms with Crippen LogP contribution in [0.3, 0.4) is 0 Å². The number of nitrogens with zero attached hydrogens (tertiary/aromatic N) is 1. The Bertz CT molecular complexity index is 908. The zero-order chi connectivity index (χ0) is 17.3. The van der Waals surface area contributed by atoms with Gasteiger partial charge < -0.3 is 5.32 Å². The van der Waals surface area contributed by atoms with E-state index in [0.717, 1.165) is 29.3 Å². The second-order valence-electron chi connectivity index (χ2n) is 6.14. The number of fused-ring (bicyclic) bond motifs is 1. The Morgan fingerprint density at radius 1 is 1.08 bits per heavy atom. The van der Waals surface area contributed by atoms with E-state index >= 15 is 0 Å². The summed E-state index contributed by atoms with van der Waals surface area (Å²) in [5, 5.41) is 3.29. The summed E-state index contributed by atoms with van der Waals surface area (Å²) >= 11 is 1.76. The van der Waals surface area contributed by atoms with Crippen molar-refractivity contribution in [2.75, 3.05) is 30.7 Å². The van der Waals surface area contributed by atoms with Gasteiger partial charge in [-0.2, -0.15) is 4.31 Å². The summed E-state index contributed by atoms with van der Waals surface area (Å²) in [5.74, 6) is 1.01. The van der Waals surface area contributed by atoms with Crippen LogP contribution in [-0.2, 0) is 10.0 Å². The van der Waals surface area contributed by atoms with E-state index in [0.29, 0.717) is 18.0 Å². The van der Waals surface area contributed by atoms with Crippen molar-refractivity contribution in [3.63, 3.8) is 0 Å². The zero-order valence-corrected chi connectivity index (χ0v) is 15.4. The van der Waals surface area contributed by atoms with Crippen LogP contribution in [0.2, 0.25) is 0 Å². The van der Waals surface area contributed by atoms with Gasteiger partial charge in [0.15, 0.2) is 0 Å². The first kappa shape index (κ1) is 16.7. The third kappa shape index (κ3) is 3.34. The molecule has 6 heteroatoms. The van der Waals surface area contributed by atoms with Gasteiger partial charge in [-0.25, -0.2) is 8.42 Å². The lowest BCUT2D eigenvalue weighted by molar-refractivity contribution is 0.441. The molecular formula is C19H20N2O2S2. The molecule has 0 bridgehead atoms. The third-order valence-electron chi connectivity index (χ3n) is 4.58. The van der Waals surface area contributed by atoms with E-state index < -0.39 is 10.0 Å². The number of thioether (sulfide) groups is 1. The maximum absolute atomic E-state index is 13.0. The highest BCUT2D eigenvalue weighted by Crippen LogP contribution is 2.34. The molecule has 2 aliphatic heterocycles. The van der Waals surface area contributed by atoms with Gasteiger partial charge in [0.25, 0.3) is 0 Å². The van der Waals surface area contributed by atoms with Crippen molar-refractivity contribution < 1.29 is 8.42 Å². The summed E-state index contributed by atoms with van der Waals surface area (Å²) in [6, 6.07) is 15.6. The Hall–Kier alpha value is -1.76. The third-order valence-corrected chi connectivity index (χ3v) is 7.52. The molecule has 2 heterocycles. The highest BCUT2D eigenvalue weighted by Gasteiger charge is 2.27. The van der Waals surface area contributed by atoms with Crippen molar-refractivity contribution in [1.29, 1.82) is 0 Å². The molecule has 25 heavy (non-hydrogen) atoms. The zero-order valence-electron chi connectivity index (χ0n) is 13.8. The standard InChI is InChI=1S/C19H20N2O2S2/c22-25(23,17-6-7-19-18(14-17)20-10-13-24-19)21-11-8-16(9-12-21)15-4-2-1-3-5-15/h1-8,14,20H,9-13H2. The molecule has 0 aromatic heterocycles. The van der Waals surface area contributed by atoms with E-state index in [-0.39, 0.29) is 0 Å². The van der Waals surface area contributed by atoms with Crippen LogP contribution in [0.5, 0.6) is 0 Å². The number of nitrogens with one attached hydrogen (secondary N) is 1. The van der Waals surface area contributed by atoms with Gasteiger partial charge >= 0.3 is 0 Å². The van der Waals surface area contributed by atoms with Crippen molar-refractivity contribution in [3.05, 3.63) is 60.2 Å². The Kier molecular flexibility index (Phi) is 4.58. The minimum atomic E-state index is -3.46. The molecule has 0 radical (unpaired) electrons. The molecule has 2 aromatic rings. The van der Waals surface area contributed by atoms with E-state index in [1.807, 2.05) is 30.3 Å². The van der Waals surface area contributed by atoms with Crippen LogP contribution >= 0.6 is 11.8 Å². The lowest BCUT2D eigenvalue weighted by Crippen LogP contribution is -2.34. The fraction of sp³-hybridized carbons (Fsp3) is 0.263. The lowest BCUT2D eigenvalue weighted by Gasteiger charge is -2.27. The minimum absolute atomic E-state index is 0.373. The van der Waals surface area contributed by atoms with Crippen LogP contribution < -0.4 is 5.32 Å². The molecule has 1 N–H and O–H groups in total. The van der Waals surface area contributed by atoms with Gasteiger partial charge in [-0.3, -0.25) is 0 Å². The van der Waals surface area contributed by atoms with Crippen LogP contribution in [0.15, 0.2) is 64.4 Å². The van der Waals surface area contributed by atoms with E-state index in [1.165, 1.54) is 11.1 Å². The smallest absolute Gasteiger partial charge is 0.243 e. The fourth-order valence-corrected chi connectivity index (χ4v) is 5.49. The molecule has 0 amide bonds. The summed E-state index contributed by atoms with van der Waals surface area (Å²) in [5.41, 5.74) is 3.32. The molecule has 0 saturated heterocycles. The lowest BCUT2D eigenvalue weighted by atomic mass is 10.0. The van der Waals surface area contributed by atoms with Gasteiger partial charge in [-0.15, -0.1) is 11.8 Å². The maximum Gasteiger partial charge on any atom is 0.243 e. The molecule has 0 unspecified atom stereocenters. The van der Waals surface area contributed by atoms with E-state index in [1.54, 1.807) is 28.2 Å². The molecule has 2 aromatic carbocycles. The van der Waals surface area contributed by atoms with Gasteiger partial charge in [0.1, 0.15) is 0 Å². The maximum atomic E-state index is 13.0. The predicted octanol–water partition coefficient (Wildman–Crippen LogP) is 3.68. The molecule has 0 spiro atoms.